The lowest BCUT2D eigenvalue weighted by atomic mass is 9.81. The molecule has 1 aromatic carbocycles. The zero-order valence-electron chi connectivity index (χ0n) is 18.1. The Labute approximate surface area is 184 Å². The lowest BCUT2D eigenvalue weighted by Crippen LogP contribution is -2.60. The van der Waals surface area contributed by atoms with E-state index in [9.17, 15) is 19.5 Å². The van der Waals surface area contributed by atoms with E-state index >= 15 is 0 Å². The van der Waals surface area contributed by atoms with Crippen LogP contribution in [0.5, 0.6) is 0 Å². The van der Waals surface area contributed by atoms with E-state index in [1.165, 1.54) is 0 Å². The van der Waals surface area contributed by atoms with E-state index in [2.05, 4.69) is 10.6 Å². The van der Waals surface area contributed by atoms with Gasteiger partial charge in [-0.05, 0) is 56.6 Å². The molecule has 5 N–H and O–H groups in total. The van der Waals surface area contributed by atoms with Crippen LogP contribution in [0.15, 0.2) is 30.3 Å². The minimum atomic E-state index is -1.24. The van der Waals surface area contributed by atoms with Crippen LogP contribution in [0, 0.1) is 11.8 Å². The Kier molecular flexibility index (Phi) is 8.07. The number of carbonyl (C=O) groups is 3. The first-order valence-electron chi connectivity index (χ1n) is 11.5. The van der Waals surface area contributed by atoms with Gasteiger partial charge in [-0.1, -0.05) is 49.6 Å². The number of benzene rings is 1. The second kappa shape index (κ2) is 10.8. The van der Waals surface area contributed by atoms with Gasteiger partial charge in [0.05, 0.1) is 0 Å². The van der Waals surface area contributed by atoms with Crippen molar-refractivity contribution in [2.24, 2.45) is 17.6 Å². The van der Waals surface area contributed by atoms with Crippen molar-refractivity contribution in [2.45, 2.75) is 75.8 Å². The minimum absolute atomic E-state index is 0.125. The summed E-state index contributed by atoms with van der Waals surface area (Å²) in [4.78, 5) is 38.2. The summed E-state index contributed by atoms with van der Waals surface area (Å²) in [5, 5.41) is 15.6. The van der Waals surface area contributed by atoms with E-state index in [1.54, 1.807) is 0 Å². The Morgan fingerprint density at radius 3 is 2.26 bits per heavy atom. The molecular formula is C24H35N3O4. The van der Waals surface area contributed by atoms with Gasteiger partial charge in [0.15, 0.2) is 0 Å². The van der Waals surface area contributed by atoms with Crippen LogP contribution >= 0.6 is 0 Å². The molecule has 2 aliphatic rings. The molecule has 2 aliphatic carbocycles. The van der Waals surface area contributed by atoms with Crippen LogP contribution in [-0.2, 0) is 20.8 Å². The van der Waals surface area contributed by atoms with Gasteiger partial charge in [-0.25, -0.2) is 4.79 Å². The zero-order chi connectivity index (χ0) is 22.3. The molecule has 0 bridgehead atoms. The van der Waals surface area contributed by atoms with Crippen molar-refractivity contribution in [1.29, 1.82) is 0 Å². The van der Waals surface area contributed by atoms with Crippen LogP contribution in [0.1, 0.15) is 63.4 Å². The molecule has 0 unspecified atom stereocenters. The summed E-state index contributed by atoms with van der Waals surface area (Å²) < 4.78 is 0. The summed E-state index contributed by atoms with van der Waals surface area (Å²) in [5.74, 6) is -1.20. The van der Waals surface area contributed by atoms with Gasteiger partial charge in [0, 0.05) is 12.3 Å². The quantitative estimate of drug-likeness (QED) is 0.505. The first-order chi connectivity index (χ1) is 14.9. The molecule has 0 radical (unpaired) electrons. The molecule has 0 aliphatic heterocycles. The van der Waals surface area contributed by atoms with Crippen molar-refractivity contribution >= 4 is 17.8 Å². The third kappa shape index (κ3) is 6.06. The highest BCUT2D eigenvalue weighted by Gasteiger charge is 2.42. The van der Waals surface area contributed by atoms with E-state index in [0.29, 0.717) is 31.7 Å². The number of nitrogens with one attached hydrogen (secondary N) is 2. The molecule has 0 aromatic heterocycles. The molecule has 0 saturated heterocycles. The smallest absolute Gasteiger partial charge is 0.329 e. The van der Waals surface area contributed by atoms with E-state index in [0.717, 1.165) is 50.5 Å². The second-order valence-corrected chi connectivity index (χ2v) is 9.14. The van der Waals surface area contributed by atoms with Gasteiger partial charge < -0.3 is 21.5 Å². The minimum Gasteiger partial charge on any atom is -0.480 e. The standard InChI is InChI=1S/C24H35N3O4/c25-16-18-9-11-19(12-10-18)21(28)26-20(15-17-7-3-1-4-8-17)22(29)27-24(23(30)31)13-5-2-6-14-24/h1,3-4,7-8,18-20H,2,5-6,9-16,25H2,(H,26,28)(H,27,29)(H,30,31)/t18?,19?,20-/m0/s1. The van der Waals surface area contributed by atoms with Crippen LogP contribution < -0.4 is 16.4 Å². The van der Waals surface area contributed by atoms with Crippen molar-refractivity contribution in [3.63, 3.8) is 0 Å². The van der Waals surface area contributed by atoms with Crippen LogP contribution in [0.2, 0.25) is 0 Å². The topological polar surface area (TPSA) is 122 Å². The highest BCUT2D eigenvalue weighted by molar-refractivity contribution is 5.92. The third-order valence-corrected chi connectivity index (χ3v) is 6.95. The molecule has 2 fully saturated rings. The van der Waals surface area contributed by atoms with Crippen molar-refractivity contribution < 1.29 is 19.5 Å². The number of carboxylic acids is 1. The fourth-order valence-corrected chi connectivity index (χ4v) is 4.88. The van der Waals surface area contributed by atoms with Crippen molar-refractivity contribution in [3.05, 3.63) is 35.9 Å². The number of nitrogens with two attached hydrogens (primary N) is 1. The van der Waals surface area contributed by atoms with Gasteiger partial charge in [-0.15, -0.1) is 0 Å². The summed E-state index contributed by atoms with van der Waals surface area (Å²) in [6, 6.07) is 8.69. The average Bonchev–Trinajstić information content (AvgIpc) is 2.79. The van der Waals surface area contributed by atoms with Crippen LogP contribution in [-0.4, -0.2) is 41.0 Å². The normalized spacial score (nSPS) is 24.0. The maximum Gasteiger partial charge on any atom is 0.329 e. The molecule has 1 aromatic rings. The highest BCUT2D eigenvalue weighted by Crippen LogP contribution is 2.30. The monoisotopic (exact) mass is 429 g/mol. The number of carboxylic acid groups (broad SMARTS) is 1. The van der Waals surface area contributed by atoms with Crippen LogP contribution in [0.4, 0.5) is 0 Å². The summed E-state index contributed by atoms with van der Waals surface area (Å²) in [5.41, 5.74) is 5.43. The number of hydrogen-bond acceptors (Lipinski definition) is 4. The number of carbonyl (C=O) groups excluding carboxylic acids is 2. The summed E-state index contributed by atoms with van der Waals surface area (Å²) >= 11 is 0. The summed E-state index contributed by atoms with van der Waals surface area (Å²) in [7, 11) is 0. The maximum absolute atomic E-state index is 13.2. The van der Waals surface area contributed by atoms with E-state index < -0.39 is 23.5 Å². The maximum atomic E-state index is 13.2. The Balaban J connectivity index is 1.72. The Morgan fingerprint density at radius 2 is 1.68 bits per heavy atom. The fraction of sp³-hybridized carbons (Fsp3) is 0.625. The number of amides is 2. The van der Waals surface area contributed by atoms with Crippen LogP contribution in [0.25, 0.3) is 0 Å². The van der Waals surface area contributed by atoms with Gasteiger partial charge in [-0.3, -0.25) is 9.59 Å². The van der Waals surface area contributed by atoms with Gasteiger partial charge >= 0.3 is 5.97 Å². The molecule has 7 heteroatoms. The summed E-state index contributed by atoms with van der Waals surface area (Å²) in [6.45, 7) is 0.644. The predicted molar refractivity (Wildman–Crippen MR) is 118 cm³/mol. The third-order valence-electron chi connectivity index (χ3n) is 6.95. The van der Waals surface area contributed by atoms with Gasteiger partial charge in [0.2, 0.25) is 11.8 Å². The van der Waals surface area contributed by atoms with Crippen molar-refractivity contribution in [3.8, 4) is 0 Å². The fourth-order valence-electron chi connectivity index (χ4n) is 4.88. The zero-order valence-corrected chi connectivity index (χ0v) is 18.1. The number of rotatable bonds is 8. The molecule has 2 amide bonds. The summed E-state index contributed by atoms with van der Waals surface area (Å²) in [6.07, 6.45) is 7.07. The van der Waals surface area contributed by atoms with Crippen molar-refractivity contribution in [2.75, 3.05) is 6.54 Å². The molecule has 3 rings (SSSR count). The molecule has 31 heavy (non-hydrogen) atoms. The Bertz CT molecular complexity index is 753. The predicted octanol–water partition coefficient (Wildman–Crippen LogP) is 2.38. The first kappa shape index (κ1) is 23.3. The van der Waals surface area contributed by atoms with E-state index in [4.69, 9.17) is 5.73 Å². The molecule has 170 valence electrons. The van der Waals surface area contributed by atoms with Gasteiger partial charge in [0.25, 0.3) is 0 Å². The highest BCUT2D eigenvalue weighted by atomic mass is 16.4. The van der Waals surface area contributed by atoms with E-state index in [1.807, 2.05) is 30.3 Å². The Hall–Kier alpha value is -2.41. The molecular weight excluding hydrogens is 394 g/mol. The average molecular weight is 430 g/mol. The molecule has 0 spiro atoms. The first-order valence-corrected chi connectivity index (χ1v) is 11.5. The number of hydrogen-bond donors (Lipinski definition) is 4. The van der Waals surface area contributed by atoms with E-state index in [-0.39, 0.29) is 11.8 Å². The molecule has 7 nitrogen and oxygen atoms in total. The molecule has 1 atom stereocenters. The molecule has 0 heterocycles. The second-order valence-electron chi connectivity index (χ2n) is 9.14. The molecule has 2 saturated carbocycles. The SMILES string of the molecule is NCC1CCC(C(=O)N[C@@H](Cc2ccccc2)C(=O)NC2(C(=O)O)CCCCC2)CC1. The van der Waals surface area contributed by atoms with Crippen molar-refractivity contribution in [1.82, 2.24) is 10.6 Å². The number of aliphatic carboxylic acids is 1. The lowest BCUT2D eigenvalue weighted by molar-refractivity contribution is -0.149. The van der Waals surface area contributed by atoms with Crippen LogP contribution in [0.3, 0.4) is 0 Å². The van der Waals surface area contributed by atoms with Gasteiger partial charge in [-0.2, -0.15) is 0 Å². The largest absolute Gasteiger partial charge is 0.480 e. The Morgan fingerprint density at radius 1 is 1.03 bits per heavy atom. The lowest BCUT2D eigenvalue weighted by Gasteiger charge is -2.35. The van der Waals surface area contributed by atoms with Gasteiger partial charge in [0.1, 0.15) is 11.6 Å².